The molecule has 1 aromatic heterocycles. The van der Waals surface area contributed by atoms with Crippen molar-refractivity contribution in [3.63, 3.8) is 0 Å². The molecule has 6 heteroatoms. The molecule has 1 N–H and O–H groups in total. The number of nitrogens with one attached hydrogen (secondary N) is 1. The van der Waals surface area contributed by atoms with Crippen LogP contribution < -0.4 is 5.32 Å². The third-order valence-electron chi connectivity index (χ3n) is 3.44. The van der Waals surface area contributed by atoms with Gasteiger partial charge in [-0.3, -0.25) is 4.68 Å². The number of rotatable bonds is 5. The zero-order valence-electron chi connectivity index (χ0n) is 12.3. The molecule has 2 rings (SSSR count). The highest BCUT2D eigenvalue weighted by atomic mass is 127. The van der Waals surface area contributed by atoms with Crippen LogP contribution in [0.5, 0.6) is 0 Å². The average Bonchev–Trinajstić information content (AvgIpc) is 2.67. The van der Waals surface area contributed by atoms with Crippen molar-refractivity contribution in [3.8, 4) is 0 Å². The quantitative estimate of drug-likeness (QED) is 0.630. The van der Waals surface area contributed by atoms with Gasteiger partial charge in [0.2, 0.25) is 0 Å². The lowest BCUT2D eigenvalue weighted by atomic mass is 10.0. The van der Waals surface area contributed by atoms with Crippen LogP contribution in [-0.4, -0.2) is 16.3 Å². The Bertz CT molecular complexity index is 642. The van der Waals surface area contributed by atoms with Crippen molar-refractivity contribution < 1.29 is 0 Å². The van der Waals surface area contributed by atoms with E-state index in [1.807, 2.05) is 18.7 Å². The minimum absolute atomic E-state index is 0.200. The van der Waals surface area contributed by atoms with Crippen LogP contribution in [0.25, 0.3) is 0 Å². The van der Waals surface area contributed by atoms with Gasteiger partial charge in [-0.15, -0.1) is 0 Å². The summed E-state index contributed by atoms with van der Waals surface area (Å²) in [6, 6.07) is 6.59. The van der Waals surface area contributed by atoms with Crippen molar-refractivity contribution in [1.82, 2.24) is 15.1 Å². The maximum Gasteiger partial charge on any atom is 0.0847 e. The third-order valence-corrected chi connectivity index (χ3v) is 5.33. The predicted molar refractivity (Wildman–Crippen MR) is 99.9 cm³/mol. The number of nitrogens with zero attached hydrogens (tertiary/aromatic N) is 2. The molecule has 21 heavy (non-hydrogen) atoms. The van der Waals surface area contributed by atoms with Crippen LogP contribution in [0.15, 0.2) is 22.7 Å². The van der Waals surface area contributed by atoms with Crippen molar-refractivity contribution in [2.75, 3.05) is 6.54 Å². The number of hydrogen-bond donors (Lipinski definition) is 1. The molecule has 0 radical (unpaired) electrons. The zero-order chi connectivity index (χ0) is 15.6. The smallest absolute Gasteiger partial charge is 0.0847 e. The number of halogens is 3. The molecule has 1 heterocycles. The van der Waals surface area contributed by atoms with E-state index in [4.69, 9.17) is 11.6 Å². The lowest BCUT2D eigenvalue weighted by Gasteiger charge is -2.20. The molecule has 3 nitrogen and oxygen atoms in total. The van der Waals surface area contributed by atoms with E-state index in [-0.39, 0.29) is 6.04 Å². The summed E-state index contributed by atoms with van der Waals surface area (Å²) in [6.07, 6.45) is 0.808. The first-order valence-electron chi connectivity index (χ1n) is 6.80. The Morgan fingerprint density at radius 3 is 2.76 bits per heavy atom. The largest absolute Gasteiger partial charge is 0.310 e. The minimum Gasteiger partial charge on any atom is -0.310 e. The van der Waals surface area contributed by atoms with Crippen molar-refractivity contribution in [3.05, 3.63) is 48.2 Å². The standard InChI is InChI=1S/C15H18BrClIN3/c1-4-19-13(11-7-10(18)5-6-12(11)16)8-14-15(17)9(2)20-21(14)3/h5-7,13,19H,4,8H2,1-3H3. The lowest BCUT2D eigenvalue weighted by Crippen LogP contribution is -2.24. The molecule has 0 spiro atoms. The van der Waals surface area contributed by atoms with E-state index in [2.05, 4.69) is 74.1 Å². The summed E-state index contributed by atoms with van der Waals surface area (Å²) in [5, 5.41) is 8.71. The molecule has 1 atom stereocenters. The van der Waals surface area contributed by atoms with E-state index in [9.17, 15) is 0 Å². The molecule has 0 aliphatic heterocycles. The van der Waals surface area contributed by atoms with Gasteiger partial charge in [0.1, 0.15) is 0 Å². The Labute approximate surface area is 152 Å². The number of likely N-dealkylation sites (N-methyl/N-ethyl adjacent to an activating group) is 1. The highest BCUT2D eigenvalue weighted by Gasteiger charge is 2.20. The van der Waals surface area contributed by atoms with Crippen LogP contribution in [0.1, 0.15) is 29.9 Å². The maximum absolute atomic E-state index is 6.39. The normalized spacial score (nSPS) is 12.7. The van der Waals surface area contributed by atoms with Gasteiger partial charge in [-0.1, -0.05) is 34.5 Å². The topological polar surface area (TPSA) is 29.9 Å². The number of aryl methyl sites for hydroxylation is 2. The molecule has 2 aromatic rings. The van der Waals surface area contributed by atoms with Gasteiger partial charge < -0.3 is 5.32 Å². The van der Waals surface area contributed by atoms with Gasteiger partial charge in [-0.05, 0) is 59.8 Å². The van der Waals surface area contributed by atoms with Crippen LogP contribution in [0, 0.1) is 10.5 Å². The van der Waals surface area contributed by atoms with E-state index in [1.165, 1.54) is 9.13 Å². The second kappa shape index (κ2) is 7.44. The van der Waals surface area contributed by atoms with Gasteiger partial charge in [0, 0.05) is 27.6 Å². The average molecular weight is 483 g/mol. The molecule has 0 saturated carbocycles. The van der Waals surface area contributed by atoms with Crippen molar-refractivity contribution >= 4 is 50.1 Å². The van der Waals surface area contributed by atoms with Gasteiger partial charge in [0.05, 0.1) is 16.4 Å². The minimum atomic E-state index is 0.200. The SMILES string of the molecule is CCNC(Cc1c(Cl)c(C)nn1C)c1cc(I)ccc1Br. The summed E-state index contributed by atoms with van der Waals surface area (Å²) in [7, 11) is 1.95. The number of benzene rings is 1. The van der Waals surface area contributed by atoms with Gasteiger partial charge in [-0.2, -0.15) is 5.10 Å². The molecule has 1 unspecified atom stereocenters. The maximum atomic E-state index is 6.39. The molecule has 0 aliphatic carbocycles. The van der Waals surface area contributed by atoms with Crippen LogP contribution in [0.3, 0.4) is 0 Å². The molecule has 0 fully saturated rings. The second-order valence-corrected chi connectivity index (χ2v) is 7.43. The van der Waals surface area contributed by atoms with E-state index in [0.29, 0.717) is 0 Å². The monoisotopic (exact) mass is 481 g/mol. The van der Waals surface area contributed by atoms with Gasteiger partial charge in [0.15, 0.2) is 0 Å². The summed E-state index contributed by atoms with van der Waals surface area (Å²) >= 11 is 12.4. The van der Waals surface area contributed by atoms with Gasteiger partial charge >= 0.3 is 0 Å². The second-order valence-electron chi connectivity index (χ2n) is 4.95. The molecule has 0 saturated heterocycles. The van der Waals surface area contributed by atoms with Gasteiger partial charge in [-0.25, -0.2) is 0 Å². The molecule has 0 bridgehead atoms. The van der Waals surface area contributed by atoms with Crippen LogP contribution in [0.4, 0.5) is 0 Å². The molecule has 114 valence electrons. The fraction of sp³-hybridized carbons (Fsp3) is 0.400. The number of aromatic nitrogens is 2. The molecule has 1 aromatic carbocycles. The van der Waals surface area contributed by atoms with E-state index < -0.39 is 0 Å². The third kappa shape index (κ3) is 4.00. The molecule has 0 amide bonds. The Hall–Kier alpha value is -0.110. The fourth-order valence-electron chi connectivity index (χ4n) is 2.42. The van der Waals surface area contributed by atoms with Crippen molar-refractivity contribution in [2.24, 2.45) is 7.05 Å². The highest BCUT2D eigenvalue weighted by Crippen LogP contribution is 2.30. The summed E-state index contributed by atoms with van der Waals surface area (Å²) in [6.45, 7) is 4.96. The summed E-state index contributed by atoms with van der Waals surface area (Å²) in [4.78, 5) is 0. The van der Waals surface area contributed by atoms with E-state index in [0.717, 1.165) is 33.8 Å². The molecule has 0 aliphatic rings. The van der Waals surface area contributed by atoms with Crippen LogP contribution in [-0.2, 0) is 13.5 Å². The van der Waals surface area contributed by atoms with Crippen LogP contribution >= 0.6 is 50.1 Å². The first kappa shape index (κ1) is 17.2. The predicted octanol–water partition coefficient (Wildman–Crippen LogP) is 4.64. The first-order chi connectivity index (χ1) is 9.93. The first-order valence-corrected chi connectivity index (χ1v) is 9.05. The fourth-order valence-corrected chi connectivity index (χ4v) is 3.69. The van der Waals surface area contributed by atoms with Crippen molar-refractivity contribution in [1.29, 1.82) is 0 Å². The van der Waals surface area contributed by atoms with Crippen LogP contribution in [0.2, 0.25) is 5.02 Å². The summed E-state index contributed by atoms with van der Waals surface area (Å²) in [5.41, 5.74) is 3.19. The Morgan fingerprint density at radius 2 is 2.19 bits per heavy atom. The molecular formula is C15H18BrClIN3. The summed E-state index contributed by atoms with van der Waals surface area (Å²) in [5.74, 6) is 0. The Morgan fingerprint density at radius 1 is 1.48 bits per heavy atom. The van der Waals surface area contributed by atoms with E-state index >= 15 is 0 Å². The zero-order valence-corrected chi connectivity index (χ0v) is 16.8. The Kier molecular flexibility index (Phi) is 6.11. The molecular weight excluding hydrogens is 464 g/mol. The lowest BCUT2D eigenvalue weighted by molar-refractivity contribution is 0.527. The number of hydrogen-bond acceptors (Lipinski definition) is 2. The van der Waals surface area contributed by atoms with Gasteiger partial charge in [0.25, 0.3) is 0 Å². The Balaban J connectivity index is 2.37. The summed E-state index contributed by atoms with van der Waals surface area (Å²) < 4.78 is 4.22. The van der Waals surface area contributed by atoms with Crippen molar-refractivity contribution in [2.45, 2.75) is 26.3 Å². The highest BCUT2D eigenvalue weighted by molar-refractivity contribution is 14.1. The van der Waals surface area contributed by atoms with E-state index in [1.54, 1.807) is 0 Å².